The second-order valence-corrected chi connectivity index (χ2v) is 7.02. The fraction of sp³-hybridized carbons (Fsp3) is 0.211. The van der Waals surface area contributed by atoms with Gasteiger partial charge in [0.1, 0.15) is 0 Å². The second kappa shape index (κ2) is 7.47. The van der Waals surface area contributed by atoms with E-state index >= 15 is 0 Å². The maximum Gasteiger partial charge on any atom is 0.323 e. The van der Waals surface area contributed by atoms with E-state index in [-0.39, 0.29) is 11.6 Å². The number of hydrogen-bond donors (Lipinski definition) is 3. The third-order valence-electron chi connectivity index (χ3n) is 4.24. The smallest absolute Gasteiger partial charge is 0.308 e. The highest BCUT2D eigenvalue weighted by Crippen LogP contribution is 2.30. The Hall–Kier alpha value is -3.75. The van der Waals surface area contributed by atoms with E-state index in [4.69, 9.17) is 0 Å². The second-order valence-electron chi connectivity index (χ2n) is 7.02. The molecule has 9 heteroatoms. The van der Waals surface area contributed by atoms with Crippen LogP contribution in [0.3, 0.4) is 0 Å². The van der Waals surface area contributed by atoms with E-state index in [2.05, 4.69) is 21.2 Å². The number of carbonyl (C=O) groups excluding carboxylic acids is 2. The molecule has 0 aromatic heterocycles. The van der Waals surface area contributed by atoms with Gasteiger partial charge in [-0.25, -0.2) is 10.2 Å². The Morgan fingerprint density at radius 1 is 1.14 bits per heavy atom. The Morgan fingerprint density at radius 2 is 1.79 bits per heavy atom. The normalized spacial score (nSPS) is 15.2. The predicted octanol–water partition coefficient (Wildman–Crippen LogP) is 3.49. The molecule has 144 valence electrons. The molecule has 0 atom stereocenters. The maximum absolute atomic E-state index is 12.2. The number of benzene rings is 2. The number of rotatable bonds is 4. The molecule has 1 aliphatic heterocycles. The monoisotopic (exact) mass is 381 g/mol. The molecule has 0 radical (unpaired) electrons. The summed E-state index contributed by atoms with van der Waals surface area (Å²) in [4.78, 5) is 34.1. The lowest BCUT2D eigenvalue weighted by Gasteiger charge is -2.29. The summed E-state index contributed by atoms with van der Waals surface area (Å²) in [6.45, 7) is 3.86. The van der Waals surface area contributed by atoms with Gasteiger partial charge in [0.15, 0.2) is 0 Å². The van der Waals surface area contributed by atoms with Crippen molar-refractivity contribution >= 4 is 34.7 Å². The van der Waals surface area contributed by atoms with Gasteiger partial charge in [-0.1, -0.05) is 32.0 Å². The minimum atomic E-state index is -0.532. The van der Waals surface area contributed by atoms with Crippen molar-refractivity contribution in [3.8, 4) is 0 Å². The van der Waals surface area contributed by atoms with Gasteiger partial charge in [0.25, 0.3) is 5.69 Å². The van der Waals surface area contributed by atoms with Crippen molar-refractivity contribution in [2.45, 2.75) is 20.3 Å². The zero-order valence-corrected chi connectivity index (χ0v) is 15.4. The minimum absolute atomic E-state index is 0.112. The number of carbonyl (C=O) groups is 2. The van der Waals surface area contributed by atoms with Crippen LogP contribution in [0.15, 0.2) is 53.6 Å². The zero-order chi connectivity index (χ0) is 20.3. The summed E-state index contributed by atoms with van der Waals surface area (Å²) in [5.41, 5.74) is 4.26. The largest absolute Gasteiger partial charge is 0.323 e. The SMILES string of the molecule is CC1(C)CC(=O)NN=C1c1cccc(NC(=O)Nc2cccc([N+](=O)[O-])c2)c1. The van der Waals surface area contributed by atoms with Crippen LogP contribution in [0.4, 0.5) is 21.9 Å². The van der Waals surface area contributed by atoms with Crippen LogP contribution in [0.25, 0.3) is 0 Å². The number of nitro groups is 1. The molecule has 9 nitrogen and oxygen atoms in total. The number of non-ortho nitro benzene ring substituents is 1. The quantitative estimate of drug-likeness (QED) is 0.553. The molecule has 0 unspecified atom stereocenters. The summed E-state index contributed by atoms with van der Waals surface area (Å²) in [6.07, 6.45) is 0.316. The van der Waals surface area contributed by atoms with Gasteiger partial charge in [-0.2, -0.15) is 5.10 Å². The first kappa shape index (κ1) is 19.0. The number of amides is 3. The van der Waals surface area contributed by atoms with Gasteiger partial charge < -0.3 is 10.6 Å². The summed E-state index contributed by atoms with van der Waals surface area (Å²) in [5, 5.41) is 20.3. The molecular weight excluding hydrogens is 362 g/mol. The van der Waals surface area contributed by atoms with Gasteiger partial charge >= 0.3 is 6.03 Å². The van der Waals surface area contributed by atoms with Crippen molar-refractivity contribution in [3.05, 3.63) is 64.2 Å². The Balaban J connectivity index is 1.74. The standard InChI is InChI=1S/C19H19N5O4/c1-19(2)11-16(25)22-23-17(19)12-5-3-6-13(9-12)20-18(26)21-14-7-4-8-15(10-14)24(27)28/h3-10H,11H2,1-2H3,(H,22,25)(H2,20,21,26). The van der Waals surface area contributed by atoms with Gasteiger partial charge in [-0.15, -0.1) is 0 Å². The fourth-order valence-electron chi connectivity index (χ4n) is 2.98. The highest BCUT2D eigenvalue weighted by Gasteiger charge is 2.33. The molecular formula is C19H19N5O4. The molecule has 0 fully saturated rings. The zero-order valence-electron chi connectivity index (χ0n) is 15.4. The highest BCUT2D eigenvalue weighted by molar-refractivity contribution is 6.09. The topological polar surface area (TPSA) is 126 Å². The fourth-order valence-corrected chi connectivity index (χ4v) is 2.98. The molecule has 3 rings (SSSR count). The van der Waals surface area contributed by atoms with Crippen LogP contribution >= 0.6 is 0 Å². The Kier molecular flexibility index (Phi) is 5.08. The number of nitro benzene ring substituents is 1. The van der Waals surface area contributed by atoms with Gasteiger partial charge in [-0.3, -0.25) is 14.9 Å². The van der Waals surface area contributed by atoms with E-state index < -0.39 is 16.4 Å². The summed E-state index contributed by atoms with van der Waals surface area (Å²) < 4.78 is 0. The minimum Gasteiger partial charge on any atom is -0.308 e. The van der Waals surface area contributed by atoms with E-state index in [9.17, 15) is 19.7 Å². The van der Waals surface area contributed by atoms with Crippen molar-refractivity contribution in [1.29, 1.82) is 0 Å². The van der Waals surface area contributed by atoms with Crippen LogP contribution in [-0.2, 0) is 4.79 Å². The first-order valence-electron chi connectivity index (χ1n) is 8.54. The molecule has 28 heavy (non-hydrogen) atoms. The highest BCUT2D eigenvalue weighted by atomic mass is 16.6. The molecule has 0 spiro atoms. The van der Waals surface area contributed by atoms with E-state index in [0.29, 0.717) is 17.8 Å². The van der Waals surface area contributed by atoms with Crippen molar-refractivity contribution < 1.29 is 14.5 Å². The van der Waals surface area contributed by atoms with Crippen molar-refractivity contribution in [1.82, 2.24) is 5.43 Å². The van der Waals surface area contributed by atoms with Gasteiger partial charge in [0, 0.05) is 40.9 Å². The number of anilines is 2. The van der Waals surface area contributed by atoms with Crippen LogP contribution < -0.4 is 16.1 Å². The van der Waals surface area contributed by atoms with E-state index in [1.54, 1.807) is 24.3 Å². The third-order valence-corrected chi connectivity index (χ3v) is 4.24. The lowest BCUT2D eigenvalue weighted by molar-refractivity contribution is -0.384. The Bertz CT molecular complexity index is 984. The maximum atomic E-state index is 12.2. The molecule has 0 saturated carbocycles. The van der Waals surface area contributed by atoms with Crippen LogP contribution in [-0.4, -0.2) is 22.6 Å². The number of nitrogens with one attached hydrogen (secondary N) is 3. The molecule has 2 aromatic carbocycles. The van der Waals surface area contributed by atoms with Crippen molar-refractivity contribution in [2.24, 2.45) is 10.5 Å². The van der Waals surface area contributed by atoms with Crippen LogP contribution in [0.5, 0.6) is 0 Å². The predicted molar refractivity (Wildman–Crippen MR) is 105 cm³/mol. The summed E-state index contributed by atoms with van der Waals surface area (Å²) in [7, 11) is 0. The molecule has 3 amide bonds. The Morgan fingerprint density at radius 3 is 2.43 bits per heavy atom. The molecule has 3 N–H and O–H groups in total. The molecule has 1 aliphatic rings. The first-order valence-corrected chi connectivity index (χ1v) is 8.54. The number of nitrogens with zero attached hydrogens (tertiary/aromatic N) is 2. The van der Waals surface area contributed by atoms with Crippen LogP contribution in [0.1, 0.15) is 25.8 Å². The van der Waals surface area contributed by atoms with Gasteiger partial charge in [0.05, 0.1) is 10.6 Å². The molecule has 0 saturated heterocycles. The third kappa shape index (κ3) is 4.32. The van der Waals surface area contributed by atoms with Gasteiger partial charge in [-0.05, 0) is 18.2 Å². The molecule has 2 aromatic rings. The summed E-state index contributed by atoms with van der Waals surface area (Å²) >= 11 is 0. The Labute approximate surface area is 161 Å². The molecule has 0 bridgehead atoms. The molecule has 0 aliphatic carbocycles. The summed E-state index contributed by atoms with van der Waals surface area (Å²) in [6, 6.07) is 12.2. The van der Waals surface area contributed by atoms with Crippen LogP contribution in [0.2, 0.25) is 0 Å². The van der Waals surface area contributed by atoms with Crippen LogP contribution in [0, 0.1) is 15.5 Å². The van der Waals surface area contributed by atoms with E-state index in [1.165, 1.54) is 18.2 Å². The van der Waals surface area contributed by atoms with E-state index in [1.807, 2.05) is 19.9 Å². The first-order chi connectivity index (χ1) is 13.2. The lowest BCUT2D eigenvalue weighted by Crippen LogP contribution is -2.39. The van der Waals surface area contributed by atoms with Crippen molar-refractivity contribution in [2.75, 3.05) is 10.6 Å². The number of urea groups is 1. The number of hydrazone groups is 1. The average Bonchev–Trinajstić information content (AvgIpc) is 2.61. The molecule has 1 heterocycles. The van der Waals surface area contributed by atoms with Gasteiger partial charge in [0.2, 0.25) is 5.91 Å². The average molecular weight is 381 g/mol. The summed E-state index contributed by atoms with van der Waals surface area (Å²) in [5.74, 6) is -0.139. The number of hydrogen-bond acceptors (Lipinski definition) is 5. The lowest BCUT2D eigenvalue weighted by atomic mass is 9.79. The van der Waals surface area contributed by atoms with E-state index in [0.717, 1.165) is 11.3 Å². The van der Waals surface area contributed by atoms with Crippen molar-refractivity contribution in [3.63, 3.8) is 0 Å².